The third-order valence-corrected chi connectivity index (χ3v) is 5.99. The topological polar surface area (TPSA) is 80.3 Å². The first kappa shape index (κ1) is 25.0. The highest BCUT2D eigenvalue weighted by molar-refractivity contribution is 6.33. The smallest absolute Gasteiger partial charge is 0.408 e. The number of alkyl carbamates (subject to hydrolysis) is 1. The Morgan fingerprint density at radius 3 is 2.48 bits per heavy atom. The van der Waals surface area contributed by atoms with Crippen molar-refractivity contribution in [2.75, 3.05) is 5.32 Å². The summed E-state index contributed by atoms with van der Waals surface area (Å²) < 4.78 is 20.3. The van der Waals surface area contributed by atoms with Gasteiger partial charge in [0.1, 0.15) is 17.5 Å². The summed E-state index contributed by atoms with van der Waals surface area (Å²) in [7, 11) is 0. The lowest BCUT2D eigenvalue weighted by Crippen LogP contribution is -2.50. The molecule has 1 heterocycles. The fourth-order valence-corrected chi connectivity index (χ4v) is 4.47. The van der Waals surface area contributed by atoms with E-state index in [2.05, 4.69) is 15.6 Å². The summed E-state index contributed by atoms with van der Waals surface area (Å²) in [4.78, 5) is 29.7. The molecule has 33 heavy (non-hydrogen) atoms. The Labute approximate surface area is 199 Å². The predicted molar refractivity (Wildman–Crippen MR) is 128 cm³/mol. The molecule has 1 aromatic heterocycles. The Balaban J connectivity index is 1.79. The van der Waals surface area contributed by atoms with Crippen LogP contribution in [0, 0.1) is 18.7 Å². The highest BCUT2D eigenvalue weighted by Crippen LogP contribution is 2.33. The number of ether oxygens (including phenoxy) is 1. The van der Waals surface area contributed by atoms with Crippen LogP contribution in [0.15, 0.2) is 30.5 Å². The lowest BCUT2D eigenvalue weighted by molar-refractivity contribution is -0.119. The number of hydrogen-bond donors (Lipinski definition) is 2. The fourth-order valence-electron chi connectivity index (χ4n) is 4.17. The number of carbonyl (C=O) groups is 2. The Morgan fingerprint density at radius 1 is 1.18 bits per heavy atom. The van der Waals surface area contributed by atoms with Gasteiger partial charge < -0.3 is 15.4 Å². The number of benzene rings is 1. The Kier molecular flexibility index (Phi) is 7.95. The molecule has 0 aliphatic heterocycles. The lowest BCUT2D eigenvalue weighted by atomic mass is 9.83. The van der Waals surface area contributed by atoms with E-state index in [-0.39, 0.29) is 5.92 Å². The van der Waals surface area contributed by atoms with Crippen molar-refractivity contribution in [3.8, 4) is 11.1 Å². The van der Waals surface area contributed by atoms with Crippen LogP contribution in [-0.4, -0.2) is 28.6 Å². The van der Waals surface area contributed by atoms with Gasteiger partial charge in [-0.05, 0) is 70.7 Å². The third kappa shape index (κ3) is 6.67. The summed E-state index contributed by atoms with van der Waals surface area (Å²) in [5.41, 5.74) is 1.05. The summed E-state index contributed by atoms with van der Waals surface area (Å²) in [5.74, 6) is -0.928. The molecule has 1 aromatic carbocycles. The molecule has 178 valence electrons. The number of halogens is 2. The second kappa shape index (κ2) is 10.5. The van der Waals surface area contributed by atoms with Gasteiger partial charge in [0.05, 0.1) is 5.02 Å². The van der Waals surface area contributed by atoms with E-state index in [1.165, 1.54) is 6.07 Å². The Bertz CT molecular complexity index is 996. The van der Waals surface area contributed by atoms with E-state index in [1.54, 1.807) is 52.1 Å². The Hall–Kier alpha value is -2.67. The standard InChI is InChI=1S/C25H31ClFN3O3/c1-15-21(19(26)12-13-28-15)18-11-10-17(14-20(18)27)29-23(31)22(16-8-6-5-7-9-16)30-24(32)33-25(2,3)4/h10-14,16,22H,5-9H2,1-4H3,(H,29,31)(H,30,32). The van der Waals surface area contributed by atoms with Crippen LogP contribution in [-0.2, 0) is 9.53 Å². The van der Waals surface area contributed by atoms with E-state index in [0.29, 0.717) is 27.5 Å². The highest BCUT2D eigenvalue weighted by Gasteiger charge is 2.32. The van der Waals surface area contributed by atoms with Crippen molar-refractivity contribution in [2.45, 2.75) is 71.4 Å². The molecule has 2 aromatic rings. The monoisotopic (exact) mass is 475 g/mol. The first-order valence-electron chi connectivity index (χ1n) is 11.3. The molecule has 2 amide bonds. The second-order valence-corrected chi connectivity index (χ2v) is 9.87. The average molecular weight is 476 g/mol. The number of carbonyl (C=O) groups excluding carboxylic acids is 2. The first-order valence-corrected chi connectivity index (χ1v) is 11.6. The lowest BCUT2D eigenvalue weighted by Gasteiger charge is -2.31. The normalized spacial score (nSPS) is 15.6. The van der Waals surface area contributed by atoms with Crippen molar-refractivity contribution in [3.05, 3.63) is 47.0 Å². The molecule has 8 heteroatoms. The molecule has 0 bridgehead atoms. The zero-order valence-electron chi connectivity index (χ0n) is 19.5. The molecule has 0 saturated heterocycles. The van der Waals surface area contributed by atoms with Gasteiger partial charge in [-0.15, -0.1) is 0 Å². The van der Waals surface area contributed by atoms with Crippen molar-refractivity contribution in [1.29, 1.82) is 0 Å². The van der Waals surface area contributed by atoms with E-state index in [1.807, 2.05) is 0 Å². The minimum atomic E-state index is -0.766. The molecule has 0 spiro atoms. The predicted octanol–water partition coefficient (Wildman–Crippen LogP) is 6.26. The zero-order chi connectivity index (χ0) is 24.2. The van der Waals surface area contributed by atoms with Crippen molar-refractivity contribution in [3.63, 3.8) is 0 Å². The Morgan fingerprint density at radius 2 is 1.88 bits per heavy atom. The van der Waals surface area contributed by atoms with Gasteiger partial charge in [-0.1, -0.05) is 30.9 Å². The molecule has 1 aliphatic carbocycles. The van der Waals surface area contributed by atoms with Crippen LogP contribution in [0.2, 0.25) is 5.02 Å². The largest absolute Gasteiger partial charge is 0.444 e. The maximum Gasteiger partial charge on any atom is 0.408 e. The van der Waals surface area contributed by atoms with Crippen LogP contribution in [0.25, 0.3) is 11.1 Å². The van der Waals surface area contributed by atoms with Crippen molar-refractivity contribution in [2.24, 2.45) is 5.92 Å². The summed E-state index contributed by atoms with van der Waals surface area (Å²) in [6.07, 6.45) is 5.70. The maximum absolute atomic E-state index is 15.0. The molecule has 1 fully saturated rings. The minimum absolute atomic E-state index is 0.00719. The summed E-state index contributed by atoms with van der Waals surface area (Å²) in [5, 5.41) is 5.90. The van der Waals surface area contributed by atoms with Gasteiger partial charge in [-0.25, -0.2) is 9.18 Å². The van der Waals surface area contributed by atoms with Crippen molar-refractivity contribution < 1.29 is 18.7 Å². The first-order chi connectivity index (χ1) is 15.5. The number of aromatic nitrogens is 1. The van der Waals surface area contributed by atoms with E-state index in [9.17, 15) is 14.0 Å². The van der Waals surface area contributed by atoms with E-state index in [4.69, 9.17) is 16.3 Å². The molecule has 0 radical (unpaired) electrons. The maximum atomic E-state index is 15.0. The van der Waals surface area contributed by atoms with Gasteiger partial charge in [0.25, 0.3) is 0 Å². The number of pyridine rings is 1. The number of anilines is 1. The third-order valence-electron chi connectivity index (χ3n) is 5.67. The molecule has 1 atom stereocenters. The summed E-state index contributed by atoms with van der Waals surface area (Å²) in [6, 6.07) is 5.28. The number of amides is 2. The fraction of sp³-hybridized carbons (Fsp3) is 0.480. The van der Waals surface area contributed by atoms with Crippen LogP contribution in [0.3, 0.4) is 0 Å². The van der Waals surface area contributed by atoms with Crippen LogP contribution in [0.1, 0.15) is 58.6 Å². The van der Waals surface area contributed by atoms with Gasteiger partial charge in [0, 0.05) is 28.7 Å². The van der Waals surface area contributed by atoms with Gasteiger partial charge in [0.15, 0.2) is 0 Å². The van der Waals surface area contributed by atoms with Crippen molar-refractivity contribution >= 4 is 29.3 Å². The van der Waals surface area contributed by atoms with Gasteiger partial charge >= 0.3 is 6.09 Å². The molecular weight excluding hydrogens is 445 g/mol. The van der Waals surface area contributed by atoms with Crippen molar-refractivity contribution in [1.82, 2.24) is 10.3 Å². The molecule has 1 saturated carbocycles. The number of nitrogens with zero attached hydrogens (tertiary/aromatic N) is 1. The van der Waals surface area contributed by atoms with Crippen LogP contribution in [0.5, 0.6) is 0 Å². The second-order valence-electron chi connectivity index (χ2n) is 9.46. The molecule has 1 aliphatic rings. The van der Waals surface area contributed by atoms with Gasteiger partial charge in [-0.2, -0.15) is 0 Å². The number of aryl methyl sites for hydroxylation is 1. The minimum Gasteiger partial charge on any atom is -0.444 e. The highest BCUT2D eigenvalue weighted by atomic mass is 35.5. The molecular formula is C25H31ClFN3O3. The molecule has 2 N–H and O–H groups in total. The number of rotatable bonds is 5. The van der Waals surface area contributed by atoms with Crippen LogP contribution in [0.4, 0.5) is 14.9 Å². The molecule has 6 nitrogen and oxygen atoms in total. The van der Waals surface area contributed by atoms with Crippen LogP contribution < -0.4 is 10.6 Å². The average Bonchev–Trinajstić information content (AvgIpc) is 2.72. The molecule has 1 unspecified atom stereocenters. The van der Waals surface area contributed by atoms with Gasteiger partial charge in [-0.3, -0.25) is 9.78 Å². The zero-order valence-corrected chi connectivity index (χ0v) is 20.3. The summed E-state index contributed by atoms with van der Waals surface area (Å²) in [6.45, 7) is 7.06. The number of hydrogen-bond acceptors (Lipinski definition) is 4. The quantitative estimate of drug-likeness (QED) is 0.534. The SMILES string of the molecule is Cc1nccc(Cl)c1-c1ccc(NC(=O)C(NC(=O)OC(C)(C)C)C2CCCCC2)cc1F. The van der Waals surface area contributed by atoms with E-state index >= 15 is 0 Å². The summed E-state index contributed by atoms with van der Waals surface area (Å²) >= 11 is 6.25. The molecule has 3 rings (SSSR count). The van der Waals surface area contributed by atoms with Crippen LogP contribution >= 0.6 is 11.6 Å². The van der Waals surface area contributed by atoms with E-state index < -0.39 is 29.5 Å². The van der Waals surface area contributed by atoms with E-state index in [0.717, 1.165) is 32.1 Å². The van der Waals surface area contributed by atoms with Gasteiger partial charge in [0.2, 0.25) is 5.91 Å². The number of nitrogens with one attached hydrogen (secondary N) is 2.